The predicted octanol–water partition coefficient (Wildman–Crippen LogP) is 4.35. The molecule has 0 spiro atoms. The Morgan fingerprint density at radius 3 is 2.28 bits per heavy atom. The molecular formula is C15H16O2S. The Morgan fingerprint density at radius 1 is 1.06 bits per heavy atom. The third kappa shape index (κ3) is 2.06. The molecule has 0 saturated heterocycles. The number of carboxylic acids is 1. The molecule has 2 nitrogen and oxygen atoms in total. The Hall–Kier alpha value is -1.61. The van der Waals surface area contributed by atoms with E-state index in [1.54, 1.807) is 5.38 Å². The van der Waals surface area contributed by atoms with Crippen molar-refractivity contribution >= 4 is 17.3 Å². The Labute approximate surface area is 111 Å². The molecule has 0 bridgehead atoms. The standard InChI is InChI=1S/C15H16O2S/c1-8-5-10(3)12(6-9(8)2)14-11(4)18-7-13(14)15(16)17/h5-7H,1-4H3,(H,16,17). The van der Waals surface area contributed by atoms with Crippen LogP contribution in [0.4, 0.5) is 0 Å². The van der Waals surface area contributed by atoms with Crippen molar-refractivity contribution in [3.8, 4) is 11.1 Å². The first-order chi connectivity index (χ1) is 8.41. The molecule has 0 aliphatic carbocycles. The molecule has 0 atom stereocenters. The fourth-order valence-electron chi connectivity index (χ4n) is 2.18. The molecule has 1 heterocycles. The van der Waals surface area contributed by atoms with Crippen LogP contribution in [0.5, 0.6) is 0 Å². The van der Waals surface area contributed by atoms with Crippen LogP contribution in [0.1, 0.15) is 31.9 Å². The van der Waals surface area contributed by atoms with Gasteiger partial charge in [-0.25, -0.2) is 4.79 Å². The van der Waals surface area contributed by atoms with E-state index in [9.17, 15) is 9.90 Å². The molecular weight excluding hydrogens is 244 g/mol. The minimum atomic E-state index is -0.855. The zero-order chi connectivity index (χ0) is 13.4. The quantitative estimate of drug-likeness (QED) is 0.871. The molecule has 2 rings (SSSR count). The minimum absolute atomic E-state index is 0.406. The number of aryl methyl sites for hydroxylation is 4. The fraction of sp³-hybridized carbons (Fsp3) is 0.267. The van der Waals surface area contributed by atoms with Crippen LogP contribution in [0, 0.1) is 27.7 Å². The summed E-state index contributed by atoms with van der Waals surface area (Å²) >= 11 is 1.49. The highest BCUT2D eigenvalue weighted by molar-refractivity contribution is 7.10. The summed E-state index contributed by atoms with van der Waals surface area (Å²) in [5.74, 6) is -0.855. The van der Waals surface area contributed by atoms with E-state index in [1.807, 2.05) is 13.8 Å². The van der Waals surface area contributed by atoms with Gasteiger partial charge < -0.3 is 5.11 Å². The predicted molar refractivity (Wildman–Crippen MR) is 75.7 cm³/mol. The average molecular weight is 260 g/mol. The third-order valence-corrected chi connectivity index (χ3v) is 4.23. The van der Waals surface area contributed by atoms with E-state index >= 15 is 0 Å². The second kappa shape index (κ2) is 4.58. The maximum atomic E-state index is 11.3. The first kappa shape index (κ1) is 12.8. The lowest BCUT2D eigenvalue weighted by atomic mass is 9.93. The van der Waals surface area contributed by atoms with Crippen molar-refractivity contribution in [2.75, 3.05) is 0 Å². The number of carbonyl (C=O) groups is 1. The van der Waals surface area contributed by atoms with Crippen LogP contribution in [-0.2, 0) is 0 Å². The van der Waals surface area contributed by atoms with Gasteiger partial charge in [0.2, 0.25) is 0 Å². The second-order valence-corrected chi connectivity index (χ2v) is 5.72. The Morgan fingerprint density at radius 2 is 1.67 bits per heavy atom. The van der Waals surface area contributed by atoms with Crippen LogP contribution in [0.25, 0.3) is 11.1 Å². The number of aromatic carboxylic acids is 1. The molecule has 0 unspecified atom stereocenters. The van der Waals surface area contributed by atoms with Gasteiger partial charge in [0.15, 0.2) is 0 Å². The van der Waals surface area contributed by atoms with E-state index in [0.717, 1.165) is 21.6 Å². The third-order valence-electron chi connectivity index (χ3n) is 3.32. The fourth-order valence-corrected chi connectivity index (χ4v) is 3.03. The summed E-state index contributed by atoms with van der Waals surface area (Å²) in [5.41, 5.74) is 5.87. The van der Waals surface area contributed by atoms with Gasteiger partial charge >= 0.3 is 5.97 Å². The number of benzene rings is 1. The minimum Gasteiger partial charge on any atom is -0.478 e. The highest BCUT2D eigenvalue weighted by Crippen LogP contribution is 2.35. The van der Waals surface area contributed by atoms with Crippen LogP contribution in [0.2, 0.25) is 0 Å². The molecule has 0 aliphatic rings. The molecule has 2 aromatic rings. The summed E-state index contributed by atoms with van der Waals surface area (Å²) < 4.78 is 0. The lowest BCUT2D eigenvalue weighted by Gasteiger charge is -2.11. The van der Waals surface area contributed by atoms with E-state index in [1.165, 1.54) is 22.5 Å². The van der Waals surface area contributed by atoms with Crippen molar-refractivity contribution < 1.29 is 9.90 Å². The van der Waals surface area contributed by atoms with Gasteiger partial charge in [-0.1, -0.05) is 12.1 Å². The smallest absolute Gasteiger partial charge is 0.337 e. The lowest BCUT2D eigenvalue weighted by molar-refractivity contribution is 0.0698. The highest BCUT2D eigenvalue weighted by Gasteiger charge is 2.18. The van der Waals surface area contributed by atoms with Crippen molar-refractivity contribution in [3.63, 3.8) is 0 Å². The van der Waals surface area contributed by atoms with Crippen LogP contribution >= 0.6 is 11.3 Å². The Bertz CT molecular complexity index is 624. The van der Waals surface area contributed by atoms with Gasteiger partial charge in [-0.2, -0.15) is 0 Å². The summed E-state index contributed by atoms with van der Waals surface area (Å²) in [5, 5.41) is 11.0. The van der Waals surface area contributed by atoms with Crippen molar-refractivity contribution in [3.05, 3.63) is 44.6 Å². The molecule has 1 N–H and O–H groups in total. The van der Waals surface area contributed by atoms with Crippen LogP contribution in [0.15, 0.2) is 17.5 Å². The van der Waals surface area contributed by atoms with Crippen molar-refractivity contribution in [1.29, 1.82) is 0 Å². The molecule has 0 fully saturated rings. The van der Waals surface area contributed by atoms with Crippen LogP contribution in [0.3, 0.4) is 0 Å². The molecule has 0 aliphatic heterocycles. The summed E-state index contributed by atoms with van der Waals surface area (Å²) in [6.07, 6.45) is 0. The van der Waals surface area contributed by atoms with Gasteiger partial charge in [-0.3, -0.25) is 0 Å². The van der Waals surface area contributed by atoms with E-state index in [4.69, 9.17) is 0 Å². The second-order valence-electron chi connectivity index (χ2n) is 4.64. The Kier molecular flexibility index (Phi) is 3.26. The van der Waals surface area contributed by atoms with Gasteiger partial charge in [0, 0.05) is 15.8 Å². The molecule has 94 valence electrons. The first-order valence-corrected chi connectivity index (χ1v) is 6.69. The van der Waals surface area contributed by atoms with Crippen molar-refractivity contribution in [2.24, 2.45) is 0 Å². The normalized spacial score (nSPS) is 10.7. The molecule has 18 heavy (non-hydrogen) atoms. The zero-order valence-corrected chi connectivity index (χ0v) is 11.8. The summed E-state index contributed by atoms with van der Waals surface area (Å²) in [4.78, 5) is 12.3. The first-order valence-electron chi connectivity index (χ1n) is 5.81. The average Bonchev–Trinajstić information content (AvgIpc) is 2.66. The monoisotopic (exact) mass is 260 g/mol. The maximum absolute atomic E-state index is 11.3. The highest BCUT2D eigenvalue weighted by atomic mass is 32.1. The largest absolute Gasteiger partial charge is 0.478 e. The number of hydrogen-bond acceptors (Lipinski definition) is 2. The van der Waals surface area contributed by atoms with Crippen molar-refractivity contribution in [2.45, 2.75) is 27.7 Å². The number of thiophene rings is 1. The molecule has 1 aromatic carbocycles. The van der Waals surface area contributed by atoms with Gasteiger partial charge in [-0.05, 0) is 49.9 Å². The van der Waals surface area contributed by atoms with Crippen LogP contribution < -0.4 is 0 Å². The molecule has 0 radical (unpaired) electrons. The van der Waals surface area contributed by atoms with Gasteiger partial charge in [-0.15, -0.1) is 11.3 Å². The number of rotatable bonds is 2. The number of hydrogen-bond donors (Lipinski definition) is 1. The van der Waals surface area contributed by atoms with Gasteiger partial charge in [0.1, 0.15) is 0 Å². The van der Waals surface area contributed by atoms with E-state index in [2.05, 4.69) is 26.0 Å². The van der Waals surface area contributed by atoms with Gasteiger partial charge in [0.25, 0.3) is 0 Å². The summed E-state index contributed by atoms with van der Waals surface area (Å²) in [6.45, 7) is 8.14. The van der Waals surface area contributed by atoms with E-state index in [0.29, 0.717) is 5.56 Å². The zero-order valence-electron chi connectivity index (χ0n) is 11.0. The van der Waals surface area contributed by atoms with Crippen LogP contribution in [-0.4, -0.2) is 11.1 Å². The molecule has 0 amide bonds. The molecule has 3 heteroatoms. The maximum Gasteiger partial charge on any atom is 0.337 e. The van der Waals surface area contributed by atoms with E-state index in [-0.39, 0.29) is 0 Å². The van der Waals surface area contributed by atoms with E-state index < -0.39 is 5.97 Å². The lowest BCUT2D eigenvalue weighted by Crippen LogP contribution is -1.98. The van der Waals surface area contributed by atoms with Gasteiger partial charge in [0.05, 0.1) is 5.56 Å². The molecule has 1 aromatic heterocycles. The summed E-state index contributed by atoms with van der Waals surface area (Å²) in [7, 11) is 0. The van der Waals surface area contributed by atoms with Crippen molar-refractivity contribution in [1.82, 2.24) is 0 Å². The summed E-state index contributed by atoms with van der Waals surface area (Å²) in [6, 6.07) is 4.21. The SMILES string of the molecule is Cc1cc(C)c(-c2c(C(=O)O)csc2C)cc1C. The topological polar surface area (TPSA) is 37.3 Å². The number of carboxylic acid groups (broad SMARTS) is 1. The Balaban J connectivity index is 2.73. The molecule has 0 saturated carbocycles.